The maximum Gasteiger partial charge on any atom is 0.198 e. The highest BCUT2D eigenvalue weighted by molar-refractivity contribution is 6.29. The fraction of sp³-hybridized carbons (Fsp3) is 0.231. The standard InChI is InChI=1S/C13H12ClF2NO/c1-2-17-12(9-5-6-18-13(9)14)8-3-4-10(15)11(16)7-8/h3-7,12,17H,2H2,1H3. The van der Waals surface area contributed by atoms with Gasteiger partial charge in [0.25, 0.3) is 0 Å². The summed E-state index contributed by atoms with van der Waals surface area (Å²) in [6.07, 6.45) is 1.46. The molecule has 0 aliphatic carbocycles. The second-order valence-corrected chi connectivity index (χ2v) is 4.16. The normalized spacial score (nSPS) is 12.7. The van der Waals surface area contributed by atoms with Crippen molar-refractivity contribution in [2.24, 2.45) is 0 Å². The van der Waals surface area contributed by atoms with Gasteiger partial charge in [0.1, 0.15) is 0 Å². The zero-order chi connectivity index (χ0) is 13.1. The van der Waals surface area contributed by atoms with Crippen molar-refractivity contribution < 1.29 is 13.2 Å². The predicted octanol–water partition coefficient (Wildman–Crippen LogP) is 3.91. The van der Waals surface area contributed by atoms with Crippen LogP contribution in [0.5, 0.6) is 0 Å². The fourth-order valence-electron chi connectivity index (χ4n) is 1.81. The highest BCUT2D eigenvalue weighted by Gasteiger charge is 2.19. The second kappa shape index (κ2) is 5.50. The third kappa shape index (κ3) is 2.54. The molecule has 0 amide bonds. The Morgan fingerprint density at radius 1 is 1.28 bits per heavy atom. The molecule has 1 heterocycles. The SMILES string of the molecule is CCNC(c1ccc(F)c(F)c1)c1ccoc1Cl. The van der Waals surface area contributed by atoms with Crippen LogP contribution in [0.4, 0.5) is 8.78 Å². The molecule has 96 valence electrons. The van der Waals surface area contributed by atoms with Crippen LogP contribution in [0.2, 0.25) is 5.22 Å². The van der Waals surface area contributed by atoms with E-state index < -0.39 is 11.6 Å². The quantitative estimate of drug-likeness (QED) is 0.912. The molecule has 1 aromatic heterocycles. The summed E-state index contributed by atoms with van der Waals surface area (Å²) < 4.78 is 31.2. The van der Waals surface area contributed by atoms with Crippen LogP contribution in [0.3, 0.4) is 0 Å². The molecule has 0 bridgehead atoms. The molecule has 0 fully saturated rings. The summed E-state index contributed by atoms with van der Waals surface area (Å²) in [5, 5.41) is 3.40. The molecule has 0 aliphatic heterocycles. The number of nitrogens with one attached hydrogen (secondary N) is 1. The Morgan fingerprint density at radius 2 is 2.06 bits per heavy atom. The molecule has 1 atom stereocenters. The van der Waals surface area contributed by atoms with E-state index in [1.807, 2.05) is 6.92 Å². The first kappa shape index (κ1) is 13.1. The molecule has 0 aliphatic rings. The topological polar surface area (TPSA) is 25.2 Å². The maximum atomic E-state index is 13.3. The average molecular weight is 272 g/mol. The molecular weight excluding hydrogens is 260 g/mol. The first-order valence-electron chi connectivity index (χ1n) is 5.54. The molecule has 0 saturated carbocycles. The van der Waals surface area contributed by atoms with E-state index in [1.54, 1.807) is 6.07 Å². The smallest absolute Gasteiger partial charge is 0.198 e. The first-order chi connectivity index (χ1) is 8.63. The molecular formula is C13H12ClF2NO. The minimum atomic E-state index is -0.880. The van der Waals surface area contributed by atoms with E-state index in [1.165, 1.54) is 12.3 Å². The van der Waals surface area contributed by atoms with Gasteiger partial charge in [-0.3, -0.25) is 0 Å². The zero-order valence-electron chi connectivity index (χ0n) is 9.71. The molecule has 5 heteroatoms. The number of halogens is 3. The lowest BCUT2D eigenvalue weighted by molar-refractivity contribution is 0.503. The van der Waals surface area contributed by atoms with Crippen LogP contribution in [0.15, 0.2) is 34.9 Å². The van der Waals surface area contributed by atoms with Crippen molar-refractivity contribution in [3.8, 4) is 0 Å². The van der Waals surface area contributed by atoms with Crippen molar-refractivity contribution in [2.45, 2.75) is 13.0 Å². The number of hydrogen-bond acceptors (Lipinski definition) is 2. The van der Waals surface area contributed by atoms with Gasteiger partial charge in [0.05, 0.1) is 12.3 Å². The van der Waals surface area contributed by atoms with E-state index in [0.717, 1.165) is 12.1 Å². The predicted molar refractivity (Wildman–Crippen MR) is 65.6 cm³/mol. The number of rotatable bonds is 4. The van der Waals surface area contributed by atoms with Gasteiger partial charge in [-0.1, -0.05) is 13.0 Å². The summed E-state index contributed by atoms with van der Waals surface area (Å²) in [4.78, 5) is 0. The molecule has 1 N–H and O–H groups in total. The summed E-state index contributed by atoms with van der Waals surface area (Å²) in [5.74, 6) is -1.75. The van der Waals surface area contributed by atoms with Crippen LogP contribution in [-0.4, -0.2) is 6.54 Å². The van der Waals surface area contributed by atoms with E-state index in [2.05, 4.69) is 5.32 Å². The minimum Gasteiger partial charge on any atom is -0.453 e. The Bertz CT molecular complexity index is 542. The Kier molecular flexibility index (Phi) is 3.99. The van der Waals surface area contributed by atoms with Crippen LogP contribution in [0, 0.1) is 11.6 Å². The van der Waals surface area contributed by atoms with Gasteiger partial charge >= 0.3 is 0 Å². The van der Waals surface area contributed by atoms with Crippen molar-refractivity contribution >= 4 is 11.6 Å². The lowest BCUT2D eigenvalue weighted by Gasteiger charge is -2.17. The number of furan rings is 1. The van der Waals surface area contributed by atoms with Crippen molar-refractivity contribution in [3.05, 3.63) is 58.5 Å². The van der Waals surface area contributed by atoms with Crippen LogP contribution in [0.25, 0.3) is 0 Å². The molecule has 0 saturated heterocycles. The van der Waals surface area contributed by atoms with Crippen LogP contribution in [-0.2, 0) is 0 Å². The third-order valence-corrected chi connectivity index (χ3v) is 2.95. The Labute approximate surface area is 109 Å². The van der Waals surface area contributed by atoms with Gasteiger partial charge < -0.3 is 9.73 Å². The lowest BCUT2D eigenvalue weighted by atomic mass is 10.0. The Morgan fingerprint density at radius 3 is 2.61 bits per heavy atom. The molecule has 0 spiro atoms. The van der Waals surface area contributed by atoms with E-state index >= 15 is 0 Å². The van der Waals surface area contributed by atoms with E-state index in [4.69, 9.17) is 16.0 Å². The lowest BCUT2D eigenvalue weighted by Crippen LogP contribution is -2.22. The second-order valence-electron chi connectivity index (χ2n) is 3.81. The summed E-state index contributed by atoms with van der Waals surface area (Å²) in [5.41, 5.74) is 1.29. The number of benzene rings is 1. The van der Waals surface area contributed by atoms with Crippen LogP contribution >= 0.6 is 11.6 Å². The molecule has 2 rings (SSSR count). The maximum absolute atomic E-state index is 13.3. The largest absolute Gasteiger partial charge is 0.453 e. The van der Waals surface area contributed by atoms with E-state index in [0.29, 0.717) is 17.7 Å². The van der Waals surface area contributed by atoms with Crippen molar-refractivity contribution in [2.75, 3.05) is 6.54 Å². The Hall–Kier alpha value is -1.39. The summed E-state index contributed by atoms with van der Waals surface area (Å²) in [6, 6.07) is 5.16. The van der Waals surface area contributed by atoms with E-state index in [9.17, 15) is 8.78 Å². The monoisotopic (exact) mass is 271 g/mol. The van der Waals surface area contributed by atoms with Gasteiger partial charge in [-0.2, -0.15) is 0 Å². The summed E-state index contributed by atoms with van der Waals surface area (Å²) in [7, 11) is 0. The van der Waals surface area contributed by atoms with Crippen molar-refractivity contribution in [1.29, 1.82) is 0 Å². The summed E-state index contributed by atoms with van der Waals surface area (Å²) >= 11 is 5.92. The zero-order valence-corrected chi connectivity index (χ0v) is 10.5. The van der Waals surface area contributed by atoms with Crippen molar-refractivity contribution in [1.82, 2.24) is 5.32 Å². The molecule has 1 unspecified atom stereocenters. The molecule has 2 aromatic rings. The van der Waals surface area contributed by atoms with Gasteiger partial charge in [-0.15, -0.1) is 0 Å². The van der Waals surface area contributed by atoms with E-state index in [-0.39, 0.29) is 11.3 Å². The van der Waals surface area contributed by atoms with Crippen LogP contribution in [0.1, 0.15) is 24.1 Å². The third-order valence-electron chi connectivity index (χ3n) is 2.64. The number of hydrogen-bond donors (Lipinski definition) is 1. The highest BCUT2D eigenvalue weighted by atomic mass is 35.5. The van der Waals surface area contributed by atoms with Gasteiger partial charge in [0.2, 0.25) is 0 Å². The molecule has 18 heavy (non-hydrogen) atoms. The van der Waals surface area contributed by atoms with Crippen LogP contribution < -0.4 is 5.32 Å². The summed E-state index contributed by atoms with van der Waals surface area (Å²) in [6.45, 7) is 2.58. The van der Waals surface area contributed by atoms with Crippen molar-refractivity contribution in [3.63, 3.8) is 0 Å². The first-order valence-corrected chi connectivity index (χ1v) is 5.92. The highest BCUT2D eigenvalue weighted by Crippen LogP contribution is 2.29. The average Bonchev–Trinajstić information content (AvgIpc) is 2.76. The van der Waals surface area contributed by atoms with Gasteiger partial charge in [-0.25, -0.2) is 8.78 Å². The van der Waals surface area contributed by atoms with Gasteiger partial charge in [0.15, 0.2) is 16.9 Å². The molecule has 2 nitrogen and oxygen atoms in total. The van der Waals surface area contributed by atoms with Gasteiger partial charge in [0, 0.05) is 5.56 Å². The van der Waals surface area contributed by atoms with Gasteiger partial charge in [-0.05, 0) is 41.9 Å². The fourth-order valence-corrected chi connectivity index (χ4v) is 2.04. The minimum absolute atomic E-state index is 0.241. The Balaban J connectivity index is 2.41. The molecule has 0 radical (unpaired) electrons. The molecule has 1 aromatic carbocycles.